The van der Waals surface area contributed by atoms with Gasteiger partial charge in [-0.1, -0.05) is 66.5 Å². The monoisotopic (exact) mass is 314 g/mol. The summed E-state index contributed by atoms with van der Waals surface area (Å²) in [6.45, 7) is 3.84. The van der Waals surface area contributed by atoms with Crippen LogP contribution in [0.25, 0.3) is 11.1 Å². The zero-order valence-electron chi connectivity index (χ0n) is 14.6. The average Bonchev–Trinajstić information content (AvgIpc) is 2.67. The van der Waals surface area contributed by atoms with Gasteiger partial charge in [0.15, 0.2) is 0 Å². The normalized spacial score (nSPS) is 20.7. The molecule has 1 aliphatic carbocycles. The van der Waals surface area contributed by atoms with Crippen LogP contribution in [-0.4, -0.2) is 7.85 Å². The van der Waals surface area contributed by atoms with Crippen LogP contribution in [0.2, 0.25) is 0 Å². The van der Waals surface area contributed by atoms with E-state index in [1.54, 1.807) is 0 Å². The molecule has 1 saturated carbocycles. The molecule has 0 spiro atoms. The molecule has 0 unspecified atom stereocenters. The van der Waals surface area contributed by atoms with Gasteiger partial charge in [-0.05, 0) is 67.1 Å². The zero-order valence-corrected chi connectivity index (χ0v) is 14.6. The van der Waals surface area contributed by atoms with Crippen LogP contribution >= 0.6 is 0 Å². The molecule has 0 saturated heterocycles. The zero-order chi connectivity index (χ0) is 16.8. The summed E-state index contributed by atoms with van der Waals surface area (Å²) in [5.41, 5.74) is 5.26. The Morgan fingerprint density at radius 1 is 0.875 bits per heavy atom. The second-order valence-corrected chi connectivity index (χ2v) is 7.11. The Kier molecular flexibility index (Phi) is 5.96. The first-order valence-corrected chi connectivity index (χ1v) is 9.30. The molecule has 0 aliphatic heterocycles. The van der Waals surface area contributed by atoms with Crippen LogP contribution < -0.4 is 0 Å². The Hall–Kier alpha value is -1.76. The quantitative estimate of drug-likeness (QED) is 0.436. The number of allylic oxidation sites excluding steroid dienone is 1. The van der Waals surface area contributed by atoms with Crippen LogP contribution in [0.1, 0.15) is 55.6 Å². The van der Waals surface area contributed by atoms with Gasteiger partial charge >= 0.3 is 0 Å². The van der Waals surface area contributed by atoms with Crippen molar-refractivity contribution in [2.75, 3.05) is 0 Å². The van der Waals surface area contributed by atoms with Crippen LogP contribution in [0.15, 0.2) is 61.2 Å². The summed E-state index contributed by atoms with van der Waals surface area (Å²) in [5.74, 6) is 1.67. The topological polar surface area (TPSA) is 0 Å². The smallest absolute Gasteiger partial charge is 0.0716 e. The maximum Gasteiger partial charge on any atom is 0.0716 e. The van der Waals surface area contributed by atoms with Gasteiger partial charge in [0.2, 0.25) is 0 Å². The molecule has 1 fully saturated rings. The van der Waals surface area contributed by atoms with E-state index in [1.165, 1.54) is 60.8 Å². The van der Waals surface area contributed by atoms with Gasteiger partial charge in [-0.2, -0.15) is 0 Å². The fourth-order valence-electron chi connectivity index (χ4n) is 3.92. The number of rotatable bonds is 6. The Balaban J connectivity index is 1.61. The van der Waals surface area contributed by atoms with E-state index in [-0.39, 0.29) is 0 Å². The van der Waals surface area contributed by atoms with Gasteiger partial charge in [0.25, 0.3) is 0 Å². The lowest BCUT2D eigenvalue weighted by molar-refractivity contribution is 0.312. The highest BCUT2D eigenvalue weighted by molar-refractivity contribution is 6.08. The van der Waals surface area contributed by atoms with E-state index in [0.717, 1.165) is 11.8 Å². The molecule has 0 aromatic heterocycles. The Morgan fingerprint density at radius 3 is 2.00 bits per heavy atom. The summed E-state index contributed by atoms with van der Waals surface area (Å²) in [7, 11) is 5.67. The van der Waals surface area contributed by atoms with Crippen LogP contribution in [0.3, 0.4) is 0 Å². The molecule has 0 amide bonds. The van der Waals surface area contributed by atoms with Crippen molar-refractivity contribution in [3.05, 3.63) is 72.3 Å². The van der Waals surface area contributed by atoms with Crippen molar-refractivity contribution in [2.24, 2.45) is 5.92 Å². The van der Waals surface area contributed by atoms with Crippen molar-refractivity contribution in [2.45, 2.75) is 50.8 Å². The molecule has 0 nitrogen and oxygen atoms in total. The maximum absolute atomic E-state index is 5.67. The molecular formula is C23H27B. The summed E-state index contributed by atoms with van der Waals surface area (Å²) in [4.78, 5) is 0. The van der Waals surface area contributed by atoms with Gasteiger partial charge < -0.3 is 0 Å². The van der Waals surface area contributed by atoms with E-state index in [9.17, 15) is 0 Å². The minimum Gasteiger partial charge on any atom is -0.103 e. The highest BCUT2D eigenvalue weighted by Crippen LogP contribution is 2.38. The van der Waals surface area contributed by atoms with Gasteiger partial charge in [-0.25, -0.2) is 0 Å². The third-order valence-corrected chi connectivity index (χ3v) is 5.53. The minimum atomic E-state index is 0.606. The Bertz CT molecular complexity index is 631. The molecule has 0 atom stereocenters. The lowest BCUT2D eigenvalue weighted by atomic mass is 9.77. The van der Waals surface area contributed by atoms with Crippen LogP contribution in [0, 0.1) is 5.92 Å². The Morgan fingerprint density at radius 2 is 1.46 bits per heavy atom. The predicted octanol–water partition coefficient (Wildman–Crippen LogP) is 6.26. The largest absolute Gasteiger partial charge is 0.103 e. The molecule has 0 heterocycles. The number of hydrogen-bond donors (Lipinski definition) is 0. The highest BCUT2D eigenvalue weighted by Gasteiger charge is 2.21. The summed E-state index contributed by atoms with van der Waals surface area (Å²) in [6, 6.07) is 17.8. The number of hydrogen-bond acceptors (Lipinski definition) is 0. The van der Waals surface area contributed by atoms with Gasteiger partial charge in [0, 0.05) is 0 Å². The first-order valence-electron chi connectivity index (χ1n) is 9.30. The van der Waals surface area contributed by atoms with Gasteiger partial charge in [0.05, 0.1) is 7.85 Å². The van der Waals surface area contributed by atoms with Gasteiger partial charge in [0.1, 0.15) is 0 Å². The van der Waals surface area contributed by atoms with Crippen LogP contribution in [-0.2, 0) is 6.32 Å². The first-order chi connectivity index (χ1) is 11.8. The molecule has 122 valence electrons. The molecular weight excluding hydrogens is 287 g/mol. The summed E-state index contributed by atoms with van der Waals surface area (Å²) < 4.78 is 0. The van der Waals surface area contributed by atoms with Crippen LogP contribution in [0.5, 0.6) is 0 Å². The molecule has 1 aliphatic rings. The van der Waals surface area contributed by atoms with E-state index in [2.05, 4.69) is 61.2 Å². The highest BCUT2D eigenvalue weighted by atomic mass is 14.3. The molecule has 0 bridgehead atoms. The molecule has 2 aromatic rings. The molecule has 0 N–H and O–H groups in total. The predicted molar refractivity (Wildman–Crippen MR) is 105 cm³/mol. The molecule has 24 heavy (non-hydrogen) atoms. The van der Waals surface area contributed by atoms with E-state index in [0.29, 0.717) is 6.32 Å². The maximum atomic E-state index is 5.67. The SMILES string of the molecule is [B]Cc1ccc(-c2ccc(C3CCC(CCC=C)CC3)cc2)cc1. The van der Waals surface area contributed by atoms with Crippen molar-refractivity contribution in [3.63, 3.8) is 0 Å². The van der Waals surface area contributed by atoms with Gasteiger partial charge in [-0.3, -0.25) is 0 Å². The third kappa shape index (κ3) is 4.20. The summed E-state index contributed by atoms with van der Waals surface area (Å²) in [6.07, 6.45) is 10.6. The van der Waals surface area contributed by atoms with E-state index < -0.39 is 0 Å². The van der Waals surface area contributed by atoms with Gasteiger partial charge in [-0.15, -0.1) is 6.58 Å². The van der Waals surface area contributed by atoms with E-state index >= 15 is 0 Å². The molecule has 2 aromatic carbocycles. The van der Waals surface area contributed by atoms with Crippen molar-refractivity contribution in [3.8, 4) is 11.1 Å². The second-order valence-electron chi connectivity index (χ2n) is 7.11. The van der Waals surface area contributed by atoms with E-state index in [1.807, 2.05) is 0 Å². The second kappa shape index (κ2) is 8.37. The van der Waals surface area contributed by atoms with Crippen molar-refractivity contribution in [1.82, 2.24) is 0 Å². The average molecular weight is 314 g/mol. The molecule has 3 rings (SSSR count). The summed E-state index contributed by atoms with van der Waals surface area (Å²) >= 11 is 0. The first kappa shape index (κ1) is 17.1. The fraction of sp³-hybridized carbons (Fsp3) is 0.391. The lowest BCUT2D eigenvalue weighted by Crippen LogP contribution is -2.13. The minimum absolute atomic E-state index is 0.606. The third-order valence-electron chi connectivity index (χ3n) is 5.53. The van der Waals surface area contributed by atoms with Crippen LogP contribution in [0.4, 0.5) is 0 Å². The number of benzene rings is 2. The molecule has 2 radical (unpaired) electrons. The summed E-state index contributed by atoms with van der Waals surface area (Å²) in [5, 5.41) is 0. The Labute approximate surface area is 148 Å². The van der Waals surface area contributed by atoms with Crippen molar-refractivity contribution >= 4 is 7.85 Å². The fourth-order valence-corrected chi connectivity index (χ4v) is 3.92. The lowest BCUT2D eigenvalue weighted by Gasteiger charge is -2.28. The van der Waals surface area contributed by atoms with Crippen molar-refractivity contribution < 1.29 is 0 Å². The molecule has 1 heteroatoms. The van der Waals surface area contributed by atoms with E-state index in [4.69, 9.17) is 7.85 Å². The standard InChI is InChI=1S/C23H27B/c1-2-3-4-18-5-9-20(10-6-18)22-13-15-23(16-14-22)21-11-7-19(17-24)8-12-21/h2,7-8,11-16,18,20H,1,3-6,9-10,17H2. The van der Waals surface area contributed by atoms with Crippen molar-refractivity contribution in [1.29, 1.82) is 0 Å².